The summed E-state index contributed by atoms with van der Waals surface area (Å²) in [6, 6.07) is 10.8. The van der Waals surface area contributed by atoms with Crippen molar-refractivity contribution in [2.45, 2.75) is 0 Å². The van der Waals surface area contributed by atoms with Gasteiger partial charge in [0.25, 0.3) is 11.8 Å². The molecule has 1 heterocycles. The van der Waals surface area contributed by atoms with E-state index in [1.807, 2.05) is 0 Å². The Hall–Kier alpha value is -3.15. The maximum Gasteiger partial charge on any atom is 0.282 e. The van der Waals surface area contributed by atoms with Crippen molar-refractivity contribution in [3.63, 3.8) is 0 Å². The topological polar surface area (TPSA) is 90.2 Å². The molecule has 0 atom stereocenters. The minimum atomic E-state index is -0.522. The van der Waals surface area contributed by atoms with Gasteiger partial charge in [-0.05, 0) is 24.3 Å². The Morgan fingerprint density at radius 2 is 1.52 bits per heavy atom. The maximum atomic E-state index is 12.1. The van der Waals surface area contributed by atoms with Crippen LogP contribution in [-0.2, 0) is 0 Å². The lowest BCUT2D eigenvalue weighted by Gasteiger charge is -2.06. The van der Waals surface area contributed by atoms with E-state index in [-0.39, 0.29) is 17.1 Å². The first kappa shape index (κ1) is 12.9. The Kier molecular flexibility index (Phi) is 2.91. The summed E-state index contributed by atoms with van der Waals surface area (Å²) in [5.41, 5.74) is 0.783. The molecular weight excluding hydrogens is 272 g/mol. The predicted octanol–water partition coefficient (Wildman–Crippen LogP) is 1.73. The van der Waals surface area contributed by atoms with Crippen LogP contribution in [0.25, 0.3) is 0 Å². The standard InChI is InChI=1S/C15H10N2O4/c18-12-7-3-4-9(13(12)19)8-16-17-14(20)10-5-1-2-6-11(10)15(17)21/h1-8,18-19H/b16-8-. The van der Waals surface area contributed by atoms with E-state index >= 15 is 0 Å². The molecule has 0 aliphatic carbocycles. The van der Waals surface area contributed by atoms with E-state index in [2.05, 4.69) is 5.10 Å². The Labute approximate surface area is 119 Å². The number of aromatic hydroxyl groups is 2. The molecule has 0 bridgehead atoms. The zero-order chi connectivity index (χ0) is 15.0. The second kappa shape index (κ2) is 4.75. The largest absolute Gasteiger partial charge is 0.504 e. The van der Waals surface area contributed by atoms with Gasteiger partial charge in [-0.2, -0.15) is 10.1 Å². The number of hydrogen-bond donors (Lipinski definition) is 2. The summed E-state index contributed by atoms with van der Waals surface area (Å²) in [4.78, 5) is 24.1. The van der Waals surface area contributed by atoms with Gasteiger partial charge in [-0.1, -0.05) is 18.2 Å². The number of hydrogen-bond acceptors (Lipinski definition) is 5. The van der Waals surface area contributed by atoms with Crippen LogP contribution in [-0.4, -0.2) is 33.3 Å². The van der Waals surface area contributed by atoms with Gasteiger partial charge < -0.3 is 10.2 Å². The average Bonchev–Trinajstić information content (AvgIpc) is 2.73. The number of carbonyl (C=O) groups excluding carboxylic acids is 2. The lowest BCUT2D eigenvalue weighted by Crippen LogP contribution is -2.23. The number of para-hydroxylation sites is 1. The van der Waals surface area contributed by atoms with Crippen molar-refractivity contribution in [2.24, 2.45) is 5.10 Å². The van der Waals surface area contributed by atoms with E-state index < -0.39 is 11.8 Å². The number of phenolic OH excluding ortho intramolecular Hbond substituents is 2. The molecule has 2 amide bonds. The van der Waals surface area contributed by atoms with Gasteiger partial charge >= 0.3 is 0 Å². The summed E-state index contributed by atoms with van der Waals surface area (Å²) in [6.07, 6.45) is 1.15. The number of phenols is 2. The number of benzene rings is 2. The van der Waals surface area contributed by atoms with Gasteiger partial charge in [-0.25, -0.2) is 0 Å². The SMILES string of the molecule is O=C1c2ccccc2C(=O)N1/N=C\c1cccc(O)c1O. The molecule has 2 N–H and O–H groups in total. The summed E-state index contributed by atoms with van der Waals surface area (Å²) in [6.45, 7) is 0. The average molecular weight is 282 g/mol. The molecule has 0 unspecified atom stereocenters. The monoisotopic (exact) mass is 282 g/mol. The van der Waals surface area contributed by atoms with E-state index in [9.17, 15) is 19.8 Å². The first-order valence-electron chi connectivity index (χ1n) is 6.12. The van der Waals surface area contributed by atoms with Crippen LogP contribution in [0.15, 0.2) is 47.6 Å². The van der Waals surface area contributed by atoms with Crippen LogP contribution in [0.4, 0.5) is 0 Å². The van der Waals surface area contributed by atoms with Gasteiger partial charge in [-0.3, -0.25) is 9.59 Å². The molecule has 104 valence electrons. The fourth-order valence-electron chi connectivity index (χ4n) is 2.05. The molecule has 1 aliphatic heterocycles. The number of carbonyl (C=O) groups is 2. The van der Waals surface area contributed by atoms with E-state index in [1.165, 1.54) is 18.2 Å². The smallest absolute Gasteiger partial charge is 0.282 e. The Morgan fingerprint density at radius 1 is 0.905 bits per heavy atom. The summed E-state index contributed by atoms with van der Waals surface area (Å²) in [5.74, 6) is -1.71. The Balaban J connectivity index is 1.93. The molecule has 0 saturated heterocycles. The van der Waals surface area contributed by atoms with Gasteiger partial charge in [0.2, 0.25) is 0 Å². The fraction of sp³-hybridized carbons (Fsp3) is 0. The molecular formula is C15H10N2O4. The number of hydrazone groups is 1. The second-order valence-electron chi connectivity index (χ2n) is 4.43. The van der Waals surface area contributed by atoms with Crippen LogP contribution in [0.1, 0.15) is 26.3 Å². The van der Waals surface area contributed by atoms with E-state index in [4.69, 9.17) is 0 Å². The van der Waals surface area contributed by atoms with Gasteiger partial charge in [-0.15, -0.1) is 0 Å². The summed E-state index contributed by atoms with van der Waals surface area (Å²) >= 11 is 0. The zero-order valence-corrected chi connectivity index (χ0v) is 10.7. The van der Waals surface area contributed by atoms with Crippen molar-refractivity contribution in [2.75, 3.05) is 0 Å². The van der Waals surface area contributed by atoms with Crippen LogP contribution in [0, 0.1) is 0 Å². The zero-order valence-electron chi connectivity index (χ0n) is 10.7. The molecule has 2 aromatic rings. The lowest BCUT2D eigenvalue weighted by molar-refractivity contribution is 0.0660. The molecule has 21 heavy (non-hydrogen) atoms. The second-order valence-corrected chi connectivity index (χ2v) is 4.43. The third-order valence-electron chi connectivity index (χ3n) is 3.13. The highest BCUT2D eigenvalue weighted by molar-refractivity contribution is 6.21. The third-order valence-corrected chi connectivity index (χ3v) is 3.13. The van der Waals surface area contributed by atoms with Crippen molar-refractivity contribution in [1.82, 2.24) is 5.01 Å². The predicted molar refractivity (Wildman–Crippen MR) is 74.3 cm³/mol. The van der Waals surface area contributed by atoms with E-state index in [1.54, 1.807) is 24.3 Å². The minimum Gasteiger partial charge on any atom is -0.504 e. The minimum absolute atomic E-state index is 0.201. The van der Waals surface area contributed by atoms with Gasteiger partial charge in [0.1, 0.15) is 0 Å². The van der Waals surface area contributed by atoms with Crippen molar-refractivity contribution in [1.29, 1.82) is 0 Å². The quantitative estimate of drug-likeness (QED) is 0.498. The summed E-state index contributed by atoms with van der Waals surface area (Å²) in [5, 5.41) is 23.6. The van der Waals surface area contributed by atoms with Gasteiger partial charge in [0.05, 0.1) is 17.3 Å². The molecule has 0 spiro atoms. The van der Waals surface area contributed by atoms with Crippen LogP contribution < -0.4 is 0 Å². The molecule has 0 aromatic heterocycles. The summed E-state index contributed by atoms with van der Waals surface area (Å²) < 4.78 is 0. The van der Waals surface area contributed by atoms with Crippen molar-refractivity contribution < 1.29 is 19.8 Å². The molecule has 0 radical (unpaired) electrons. The molecule has 6 heteroatoms. The van der Waals surface area contributed by atoms with Crippen molar-refractivity contribution in [3.8, 4) is 11.5 Å². The highest BCUT2D eigenvalue weighted by atomic mass is 16.3. The fourth-order valence-corrected chi connectivity index (χ4v) is 2.05. The number of imide groups is 1. The Morgan fingerprint density at radius 3 is 2.14 bits per heavy atom. The van der Waals surface area contributed by atoms with Crippen LogP contribution in [0.3, 0.4) is 0 Å². The van der Waals surface area contributed by atoms with Gasteiger partial charge in [0, 0.05) is 5.56 Å². The number of nitrogens with zero attached hydrogens (tertiary/aromatic N) is 2. The normalized spacial score (nSPS) is 14.0. The van der Waals surface area contributed by atoms with E-state index in [0.29, 0.717) is 11.1 Å². The lowest BCUT2D eigenvalue weighted by atomic mass is 10.1. The van der Waals surface area contributed by atoms with Crippen molar-refractivity contribution >= 4 is 18.0 Å². The number of amides is 2. The highest BCUT2D eigenvalue weighted by Gasteiger charge is 2.35. The van der Waals surface area contributed by atoms with Crippen LogP contribution in [0.2, 0.25) is 0 Å². The Bertz CT molecular complexity index is 748. The molecule has 0 fully saturated rings. The van der Waals surface area contributed by atoms with Gasteiger partial charge in [0.15, 0.2) is 11.5 Å². The molecule has 0 saturated carbocycles. The summed E-state index contributed by atoms with van der Waals surface area (Å²) in [7, 11) is 0. The van der Waals surface area contributed by atoms with Crippen molar-refractivity contribution in [3.05, 3.63) is 59.2 Å². The highest BCUT2D eigenvalue weighted by Crippen LogP contribution is 2.27. The molecule has 6 nitrogen and oxygen atoms in total. The van der Waals surface area contributed by atoms with Crippen LogP contribution >= 0.6 is 0 Å². The first-order valence-corrected chi connectivity index (χ1v) is 6.12. The molecule has 3 rings (SSSR count). The van der Waals surface area contributed by atoms with E-state index in [0.717, 1.165) is 11.2 Å². The van der Waals surface area contributed by atoms with Crippen LogP contribution in [0.5, 0.6) is 11.5 Å². The third kappa shape index (κ3) is 2.02. The number of fused-ring (bicyclic) bond motifs is 1. The maximum absolute atomic E-state index is 12.1. The number of rotatable bonds is 2. The molecule has 1 aliphatic rings. The first-order chi connectivity index (χ1) is 10.1. The molecule has 2 aromatic carbocycles.